The van der Waals surface area contributed by atoms with E-state index >= 15 is 4.39 Å². The van der Waals surface area contributed by atoms with Crippen LogP contribution in [0, 0.1) is 23.5 Å². The van der Waals surface area contributed by atoms with Crippen molar-refractivity contribution in [1.29, 1.82) is 0 Å². The summed E-state index contributed by atoms with van der Waals surface area (Å²) in [5.41, 5.74) is 3.63. The molecule has 0 nitrogen and oxygen atoms in total. The molecule has 0 aliphatic heterocycles. The van der Waals surface area contributed by atoms with Gasteiger partial charge in [-0.1, -0.05) is 80.5 Å². The molecule has 0 unspecified atom stereocenters. The first-order valence-corrected chi connectivity index (χ1v) is 13.4. The molecule has 0 aliphatic rings. The quantitative estimate of drug-likeness (QED) is 0.114. The minimum Gasteiger partial charge on any atom is -0.207 e. The topological polar surface area (TPSA) is 0 Å². The van der Waals surface area contributed by atoms with Crippen LogP contribution < -0.4 is 0 Å². The number of unbranched alkanes of at least 4 members (excludes halogenated alkanes) is 3. The maximum absolute atomic E-state index is 15.2. The van der Waals surface area contributed by atoms with Crippen LogP contribution in [0.4, 0.5) is 22.0 Å². The lowest BCUT2D eigenvalue weighted by Crippen LogP contribution is -2.13. The van der Waals surface area contributed by atoms with Crippen molar-refractivity contribution in [3.8, 4) is 11.8 Å². The molecule has 0 bridgehead atoms. The van der Waals surface area contributed by atoms with E-state index in [0.717, 1.165) is 35.1 Å². The van der Waals surface area contributed by atoms with Crippen molar-refractivity contribution in [3.05, 3.63) is 118 Å². The summed E-state index contributed by atoms with van der Waals surface area (Å²) >= 11 is 0. The van der Waals surface area contributed by atoms with E-state index in [-0.39, 0.29) is 5.82 Å². The van der Waals surface area contributed by atoms with Crippen molar-refractivity contribution >= 4 is 10.8 Å². The van der Waals surface area contributed by atoms with E-state index in [2.05, 4.69) is 30.9 Å². The number of benzene rings is 4. The van der Waals surface area contributed by atoms with Gasteiger partial charge in [-0.3, -0.25) is 0 Å². The van der Waals surface area contributed by atoms with E-state index in [1.807, 2.05) is 24.3 Å². The second-order valence-electron chi connectivity index (χ2n) is 9.95. The first kappa shape index (κ1) is 28.4. The number of halogens is 5. The molecule has 0 fully saturated rings. The highest BCUT2D eigenvalue weighted by atomic mass is 19.4. The molecule has 0 spiro atoms. The van der Waals surface area contributed by atoms with Crippen LogP contribution in [0.15, 0.2) is 72.8 Å². The Bertz CT molecular complexity index is 1470. The molecule has 4 rings (SSSR count). The number of aryl methyl sites for hydroxylation is 3. The van der Waals surface area contributed by atoms with Gasteiger partial charge < -0.3 is 0 Å². The van der Waals surface area contributed by atoms with E-state index in [9.17, 15) is 17.6 Å². The predicted octanol–water partition coefficient (Wildman–Crippen LogP) is 9.53. The number of alkyl halides is 3. The third kappa shape index (κ3) is 8.17. The molecule has 0 aliphatic carbocycles. The Morgan fingerprint density at radius 2 is 1.33 bits per heavy atom. The van der Waals surface area contributed by atoms with E-state index in [4.69, 9.17) is 0 Å². The van der Waals surface area contributed by atoms with Crippen LogP contribution in [0.5, 0.6) is 0 Å². The average molecular weight is 535 g/mol. The highest BCUT2D eigenvalue weighted by molar-refractivity contribution is 5.85. The summed E-state index contributed by atoms with van der Waals surface area (Å²) in [7, 11) is 0. The van der Waals surface area contributed by atoms with Crippen molar-refractivity contribution in [2.24, 2.45) is 0 Å². The summed E-state index contributed by atoms with van der Waals surface area (Å²) in [6, 6.07) is 20.9. The molecule has 0 amide bonds. The van der Waals surface area contributed by atoms with E-state index in [1.54, 1.807) is 18.2 Å². The third-order valence-corrected chi connectivity index (χ3v) is 6.85. The number of hydrogen-bond acceptors (Lipinski definition) is 0. The third-order valence-electron chi connectivity index (χ3n) is 6.85. The van der Waals surface area contributed by atoms with Gasteiger partial charge >= 0.3 is 6.18 Å². The van der Waals surface area contributed by atoms with Crippen molar-refractivity contribution in [1.82, 2.24) is 0 Å². The van der Waals surface area contributed by atoms with E-state index in [1.165, 1.54) is 37.3 Å². The lowest BCUT2D eigenvalue weighted by Gasteiger charge is -2.10. The van der Waals surface area contributed by atoms with Crippen LogP contribution in [0.2, 0.25) is 0 Å². The molecule has 0 saturated heterocycles. The zero-order valence-corrected chi connectivity index (χ0v) is 22.0. The molecule has 0 N–H and O–H groups in total. The van der Waals surface area contributed by atoms with Gasteiger partial charge in [-0.2, -0.15) is 13.2 Å². The second-order valence-corrected chi connectivity index (χ2v) is 9.95. The average Bonchev–Trinajstić information content (AvgIpc) is 2.91. The van der Waals surface area contributed by atoms with Gasteiger partial charge in [-0.25, -0.2) is 8.78 Å². The maximum atomic E-state index is 15.2. The lowest BCUT2D eigenvalue weighted by atomic mass is 9.98. The predicted molar refractivity (Wildman–Crippen MR) is 148 cm³/mol. The Morgan fingerprint density at radius 1 is 0.641 bits per heavy atom. The summed E-state index contributed by atoms with van der Waals surface area (Å²) in [5.74, 6) is 5.09. The Hall–Kier alpha value is -3.65. The Balaban J connectivity index is 1.40. The summed E-state index contributed by atoms with van der Waals surface area (Å²) in [5, 5.41) is 1.20. The molecule has 0 atom stereocenters. The standard InChI is InChI=1S/C34H31F5/c1-2-3-4-5-6-24-7-9-25(10-8-24)11-12-26-15-20-31-29(21-26)19-18-28(33(31)36)16-13-27-14-17-30(32(35)22-27)23-34(37,38)39/h7-10,14-15,17-22H,2-6,13,16,23H2,1H3. The number of fused-ring (bicyclic) bond motifs is 1. The van der Waals surface area contributed by atoms with Gasteiger partial charge in [0.15, 0.2) is 0 Å². The van der Waals surface area contributed by atoms with Crippen molar-refractivity contribution in [2.45, 2.75) is 64.5 Å². The SMILES string of the molecule is CCCCCCc1ccc(C#Cc2ccc3c(F)c(CCc4ccc(CC(F)(F)F)c(F)c4)ccc3c2)cc1. The molecule has 0 saturated carbocycles. The molecule has 202 valence electrons. The summed E-state index contributed by atoms with van der Waals surface area (Å²) in [4.78, 5) is 0. The van der Waals surface area contributed by atoms with Crippen LogP contribution in [0.25, 0.3) is 10.8 Å². The van der Waals surface area contributed by atoms with Crippen molar-refractivity contribution in [2.75, 3.05) is 0 Å². The minimum absolute atomic E-state index is 0.302. The first-order chi connectivity index (χ1) is 18.7. The Kier molecular flexibility index (Phi) is 9.41. The van der Waals surface area contributed by atoms with Gasteiger partial charge in [0.2, 0.25) is 0 Å². The van der Waals surface area contributed by atoms with Gasteiger partial charge in [0.25, 0.3) is 0 Å². The molecule has 0 heterocycles. The van der Waals surface area contributed by atoms with Crippen LogP contribution in [-0.2, 0) is 25.7 Å². The zero-order valence-electron chi connectivity index (χ0n) is 22.0. The number of rotatable bonds is 9. The largest absolute Gasteiger partial charge is 0.393 e. The summed E-state index contributed by atoms with van der Waals surface area (Å²) < 4.78 is 67.0. The maximum Gasteiger partial charge on any atom is 0.393 e. The molecule has 4 aromatic rings. The fraction of sp³-hybridized carbons (Fsp3) is 0.294. The van der Waals surface area contributed by atoms with Gasteiger partial charge in [0, 0.05) is 16.5 Å². The summed E-state index contributed by atoms with van der Waals surface area (Å²) in [6.45, 7) is 2.21. The van der Waals surface area contributed by atoms with Gasteiger partial charge in [0.05, 0.1) is 6.42 Å². The van der Waals surface area contributed by atoms with Crippen LogP contribution in [0.1, 0.15) is 66.0 Å². The molecule has 0 aromatic heterocycles. The Morgan fingerprint density at radius 3 is 2.05 bits per heavy atom. The molecule has 4 aromatic carbocycles. The fourth-order valence-electron chi connectivity index (χ4n) is 4.65. The van der Waals surface area contributed by atoms with E-state index in [0.29, 0.717) is 29.4 Å². The van der Waals surface area contributed by atoms with Crippen LogP contribution >= 0.6 is 0 Å². The van der Waals surface area contributed by atoms with Gasteiger partial charge in [-0.15, -0.1) is 0 Å². The van der Waals surface area contributed by atoms with Crippen LogP contribution in [-0.4, -0.2) is 6.18 Å². The molecule has 0 radical (unpaired) electrons. The molecule has 5 heteroatoms. The molecule has 39 heavy (non-hydrogen) atoms. The first-order valence-electron chi connectivity index (χ1n) is 13.4. The molecular formula is C34H31F5. The normalized spacial score (nSPS) is 11.4. The fourth-order valence-corrected chi connectivity index (χ4v) is 4.65. The highest BCUT2D eigenvalue weighted by Gasteiger charge is 2.29. The second kappa shape index (κ2) is 12.9. The Labute approximate surface area is 226 Å². The van der Waals surface area contributed by atoms with E-state index < -0.39 is 24.0 Å². The highest BCUT2D eigenvalue weighted by Crippen LogP contribution is 2.26. The van der Waals surface area contributed by atoms with Crippen LogP contribution in [0.3, 0.4) is 0 Å². The lowest BCUT2D eigenvalue weighted by molar-refractivity contribution is -0.127. The van der Waals surface area contributed by atoms with Gasteiger partial charge in [0.1, 0.15) is 11.6 Å². The number of hydrogen-bond donors (Lipinski definition) is 0. The smallest absolute Gasteiger partial charge is 0.207 e. The summed E-state index contributed by atoms with van der Waals surface area (Å²) in [6.07, 6.45) is 0.868. The zero-order chi connectivity index (χ0) is 27.8. The van der Waals surface area contributed by atoms with Crippen molar-refractivity contribution in [3.63, 3.8) is 0 Å². The monoisotopic (exact) mass is 534 g/mol. The van der Waals surface area contributed by atoms with Crippen molar-refractivity contribution < 1.29 is 22.0 Å². The van der Waals surface area contributed by atoms with Gasteiger partial charge in [-0.05, 0) is 83.7 Å². The minimum atomic E-state index is -4.47. The molecular weight excluding hydrogens is 503 g/mol.